The number of hydrogen-bond acceptors (Lipinski definition) is 13. The summed E-state index contributed by atoms with van der Waals surface area (Å²) in [5, 5.41) is 22.6. The van der Waals surface area contributed by atoms with Crippen molar-refractivity contribution in [3.63, 3.8) is 0 Å². The molecular weight excluding hydrogens is 488 g/mol. The van der Waals surface area contributed by atoms with Gasteiger partial charge in [-0.25, -0.2) is 28.4 Å². The van der Waals surface area contributed by atoms with Crippen molar-refractivity contribution < 1.29 is 29.0 Å². The van der Waals surface area contributed by atoms with Crippen molar-refractivity contribution in [1.29, 1.82) is 0 Å². The second-order valence-electron chi connectivity index (χ2n) is 6.56. The number of carbonyl (C=O) groups excluding carboxylic acids is 3. The number of nitrogens with two attached hydrogens (primary N) is 2. The Morgan fingerprint density at radius 2 is 1.31 bits per heavy atom. The molecule has 0 saturated carbocycles. The van der Waals surface area contributed by atoms with Crippen molar-refractivity contribution in [3.05, 3.63) is 45.0 Å². The Balaban J connectivity index is 0.000000202. The number of fused-ring (bicyclic) bond motifs is 2. The smallest absolute Gasteiger partial charge is 0.353 e. The third kappa shape index (κ3) is 5.00. The third-order valence-electron chi connectivity index (χ3n) is 4.17. The van der Waals surface area contributed by atoms with Crippen molar-refractivity contribution >= 4 is 35.0 Å². The molecule has 0 bridgehead atoms. The van der Waals surface area contributed by atoms with Gasteiger partial charge >= 0.3 is 23.3 Å². The molecule has 0 aliphatic carbocycles. The van der Waals surface area contributed by atoms with Crippen LogP contribution >= 0.6 is 0 Å². The molecule has 0 saturated heterocycles. The van der Waals surface area contributed by atoms with Crippen LogP contribution in [-0.2, 0) is 27.4 Å². The molecule has 4 aromatic heterocycles. The summed E-state index contributed by atoms with van der Waals surface area (Å²) >= 11 is 0. The van der Waals surface area contributed by atoms with E-state index in [0.29, 0.717) is 4.68 Å². The Labute approximate surface area is 196 Å². The van der Waals surface area contributed by atoms with Gasteiger partial charge in [0.2, 0.25) is 0 Å². The lowest BCUT2D eigenvalue weighted by Gasteiger charge is -2.03. The summed E-state index contributed by atoms with van der Waals surface area (Å²) in [5.74, 6) is -3.53. The first kappa shape index (κ1) is 25.1. The molecule has 4 aromatic rings. The molecular formula is C16H16N12O8. The fourth-order valence-corrected chi connectivity index (χ4v) is 2.68. The molecule has 0 unspecified atom stereocenters. The maximum absolute atomic E-state index is 11.9. The zero-order valence-corrected chi connectivity index (χ0v) is 18.2. The van der Waals surface area contributed by atoms with Gasteiger partial charge in [-0.2, -0.15) is 9.36 Å². The number of carbonyl (C=O) groups is 4. The van der Waals surface area contributed by atoms with Crippen LogP contribution in [0.5, 0.6) is 0 Å². The highest BCUT2D eigenvalue weighted by atomic mass is 16.5. The average molecular weight is 504 g/mol. The monoisotopic (exact) mass is 504 g/mol. The van der Waals surface area contributed by atoms with Gasteiger partial charge in [-0.05, 0) is 6.92 Å². The molecule has 4 heterocycles. The lowest BCUT2D eigenvalue weighted by atomic mass is 10.4. The number of primary amides is 2. The summed E-state index contributed by atoms with van der Waals surface area (Å²) in [7, 11) is 0. The first-order valence-corrected chi connectivity index (χ1v) is 9.63. The number of carboxylic acids is 1. The maximum Gasteiger partial charge on any atom is 0.353 e. The highest BCUT2D eigenvalue weighted by Crippen LogP contribution is 2.01. The van der Waals surface area contributed by atoms with Gasteiger partial charge in [0.15, 0.2) is 22.7 Å². The Kier molecular flexibility index (Phi) is 7.07. The van der Waals surface area contributed by atoms with Gasteiger partial charge in [-0.1, -0.05) is 10.4 Å². The van der Waals surface area contributed by atoms with E-state index in [1.807, 2.05) is 0 Å². The van der Waals surface area contributed by atoms with Crippen LogP contribution in [0.1, 0.15) is 27.9 Å². The van der Waals surface area contributed by atoms with Crippen molar-refractivity contribution in [3.8, 4) is 0 Å². The molecule has 0 atom stereocenters. The fourth-order valence-electron chi connectivity index (χ4n) is 2.68. The van der Waals surface area contributed by atoms with Crippen LogP contribution in [0.25, 0.3) is 11.3 Å². The number of esters is 1. The van der Waals surface area contributed by atoms with E-state index in [0.717, 1.165) is 26.1 Å². The SMILES string of the molecule is CCOC(=O)Cn1nnc2c(C(N)=O)ncn2c1=O.NC(=O)c1ncn2c(=O)n(CC(=O)O)nnc12. The molecule has 2 amide bonds. The number of carboxylic acid groups (broad SMARTS) is 1. The zero-order chi connectivity index (χ0) is 26.6. The van der Waals surface area contributed by atoms with Gasteiger partial charge in [-0.15, -0.1) is 10.2 Å². The van der Waals surface area contributed by atoms with E-state index in [1.54, 1.807) is 6.92 Å². The van der Waals surface area contributed by atoms with Gasteiger partial charge in [0, 0.05) is 0 Å². The number of aliphatic carboxylic acids is 1. The van der Waals surface area contributed by atoms with E-state index in [1.165, 1.54) is 0 Å². The van der Waals surface area contributed by atoms with Crippen molar-refractivity contribution in [2.75, 3.05) is 6.61 Å². The Morgan fingerprint density at radius 1 is 0.861 bits per heavy atom. The van der Waals surface area contributed by atoms with Gasteiger partial charge in [0.05, 0.1) is 6.61 Å². The first-order chi connectivity index (χ1) is 17.0. The van der Waals surface area contributed by atoms with Crippen LogP contribution < -0.4 is 22.8 Å². The van der Waals surface area contributed by atoms with E-state index in [9.17, 15) is 28.8 Å². The van der Waals surface area contributed by atoms with Crippen LogP contribution in [0.15, 0.2) is 22.2 Å². The first-order valence-electron chi connectivity index (χ1n) is 9.63. The molecule has 20 heteroatoms. The Morgan fingerprint density at radius 3 is 1.69 bits per heavy atom. The number of rotatable bonds is 7. The predicted molar refractivity (Wildman–Crippen MR) is 111 cm³/mol. The number of aromatic nitrogens is 10. The molecule has 0 spiro atoms. The molecule has 0 radical (unpaired) electrons. The standard InChI is InChI=1S/C9H10N6O4.C7H6N6O4/c1-2-19-5(16)3-15-9(18)14-4-11-6(7(10)17)8(14)12-13-15;8-5(16)4-6-10-11-13(1-3(14)15)7(17)12(6)2-9-4/h4H,2-3H2,1H3,(H2,10,17);2H,1H2,(H2,8,16)(H,14,15). The normalized spacial score (nSPS) is 10.6. The number of nitrogens with zero attached hydrogens (tertiary/aromatic N) is 10. The highest BCUT2D eigenvalue weighted by Gasteiger charge is 2.17. The molecule has 5 N–H and O–H groups in total. The lowest BCUT2D eigenvalue weighted by molar-refractivity contribution is -0.144. The minimum absolute atomic E-state index is 0.0578. The summed E-state index contributed by atoms with van der Waals surface area (Å²) in [6.45, 7) is 0.830. The molecule has 188 valence electrons. The number of amides is 2. The van der Waals surface area contributed by atoms with Gasteiger partial charge < -0.3 is 21.3 Å². The van der Waals surface area contributed by atoms with Crippen molar-refractivity contribution in [2.24, 2.45) is 11.5 Å². The van der Waals surface area contributed by atoms with Crippen LogP contribution in [0.4, 0.5) is 0 Å². The Hall–Kier alpha value is -5.56. The molecule has 36 heavy (non-hydrogen) atoms. The van der Waals surface area contributed by atoms with E-state index < -0.39 is 41.7 Å². The van der Waals surface area contributed by atoms with Crippen LogP contribution in [0.2, 0.25) is 0 Å². The molecule has 0 fully saturated rings. The molecule has 20 nitrogen and oxygen atoms in total. The quantitative estimate of drug-likeness (QED) is 0.200. The number of imidazole rings is 2. The maximum atomic E-state index is 11.9. The highest BCUT2D eigenvalue weighted by molar-refractivity contribution is 5.97. The second kappa shape index (κ2) is 10.1. The molecule has 0 aliphatic rings. The van der Waals surface area contributed by atoms with Crippen LogP contribution in [0.3, 0.4) is 0 Å². The van der Waals surface area contributed by atoms with Crippen molar-refractivity contribution in [2.45, 2.75) is 20.0 Å². The largest absolute Gasteiger partial charge is 0.480 e. The van der Waals surface area contributed by atoms with Crippen LogP contribution in [0, 0.1) is 0 Å². The van der Waals surface area contributed by atoms with Crippen molar-refractivity contribution in [1.82, 2.24) is 48.8 Å². The fraction of sp³-hybridized carbons (Fsp3) is 0.250. The van der Waals surface area contributed by atoms with Gasteiger partial charge in [-0.3, -0.25) is 19.2 Å². The second-order valence-corrected chi connectivity index (χ2v) is 6.56. The topological polar surface area (TPSA) is 280 Å². The van der Waals surface area contributed by atoms with E-state index in [-0.39, 0.29) is 35.8 Å². The minimum atomic E-state index is -1.24. The zero-order valence-electron chi connectivity index (χ0n) is 18.2. The Bertz CT molecular complexity index is 1610. The molecule has 0 aliphatic heterocycles. The summed E-state index contributed by atoms with van der Waals surface area (Å²) < 4.78 is 8.00. The number of hydrogen-bond donors (Lipinski definition) is 3. The predicted octanol–water partition coefficient (Wildman–Crippen LogP) is -4.58. The summed E-state index contributed by atoms with van der Waals surface area (Å²) in [6.07, 6.45) is 2.12. The van der Waals surface area contributed by atoms with Gasteiger partial charge in [0.1, 0.15) is 25.7 Å². The minimum Gasteiger partial charge on any atom is -0.480 e. The molecule has 0 aromatic carbocycles. The summed E-state index contributed by atoms with van der Waals surface area (Å²) in [4.78, 5) is 74.5. The van der Waals surface area contributed by atoms with E-state index in [2.05, 4.69) is 30.6 Å². The average Bonchev–Trinajstić information content (AvgIpc) is 3.43. The van der Waals surface area contributed by atoms with E-state index in [4.69, 9.17) is 21.3 Å². The third-order valence-corrected chi connectivity index (χ3v) is 4.17. The lowest BCUT2D eigenvalue weighted by Crippen LogP contribution is -2.33. The molecule has 4 rings (SSSR count). The summed E-state index contributed by atoms with van der Waals surface area (Å²) in [6, 6.07) is 0. The summed E-state index contributed by atoms with van der Waals surface area (Å²) in [5.41, 5.74) is 8.12. The van der Waals surface area contributed by atoms with Gasteiger partial charge in [0.25, 0.3) is 11.8 Å². The van der Waals surface area contributed by atoms with E-state index >= 15 is 0 Å². The van der Waals surface area contributed by atoms with Crippen LogP contribution in [-0.4, -0.2) is 84.2 Å². The number of ether oxygens (including phenoxy) is 1.